The summed E-state index contributed by atoms with van der Waals surface area (Å²) in [7, 11) is 1.28. The van der Waals surface area contributed by atoms with Gasteiger partial charge in [-0.2, -0.15) is 0 Å². The molecular weight excluding hydrogens is 302 g/mol. The van der Waals surface area contributed by atoms with Crippen LogP contribution in [0.2, 0.25) is 0 Å². The molecule has 0 aliphatic heterocycles. The van der Waals surface area contributed by atoms with Crippen LogP contribution in [0.1, 0.15) is 35.7 Å². The van der Waals surface area contributed by atoms with Gasteiger partial charge in [-0.25, -0.2) is 4.79 Å². The van der Waals surface area contributed by atoms with E-state index in [1.807, 2.05) is 13.8 Å². The third-order valence-corrected chi connectivity index (χ3v) is 3.28. The smallest absolute Gasteiger partial charge is 0.341 e. The second-order valence-corrected chi connectivity index (χ2v) is 5.44. The van der Waals surface area contributed by atoms with Crippen molar-refractivity contribution >= 4 is 17.8 Å². The third-order valence-electron chi connectivity index (χ3n) is 3.28. The lowest BCUT2D eigenvalue weighted by atomic mass is 10.1. The maximum absolute atomic E-state index is 11.7. The van der Waals surface area contributed by atoms with E-state index in [0.29, 0.717) is 17.1 Å². The number of nitrogens with two attached hydrogens (primary N) is 1. The normalized spacial score (nSPS) is 11.9. The SMILES string of the molecule is COC(=O)c1cc(CNC(=O)CNC(=O)[C@@H](N)C(C)C)oc1C. The highest BCUT2D eigenvalue weighted by Crippen LogP contribution is 2.15. The molecule has 0 radical (unpaired) electrons. The van der Waals surface area contributed by atoms with Crippen LogP contribution in [-0.4, -0.2) is 37.5 Å². The van der Waals surface area contributed by atoms with Crippen molar-refractivity contribution in [2.24, 2.45) is 11.7 Å². The van der Waals surface area contributed by atoms with Gasteiger partial charge in [0.2, 0.25) is 11.8 Å². The minimum absolute atomic E-state index is 0.0131. The molecule has 8 heteroatoms. The molecule has 8 nitrogen and oxygen atoms in total. The minimum atomic E-state index is -0.655. The summed E-state index contributed by atoms with van der Waals surface area (Å²) in [4.78, 5) is 34.8. The van der Waals surface area contributed by atoms with Gasteiger partial charge >= 0.3 is 5.97 Å². The Morgan fingerprint density at radius 1 is 1.30 bits per heavy atom. The first kappa shape index (κ1) is 18.7. The van der Waals surface area contributed by atoms with Crippen LogP contribution in [0.3, 0.4) is 0 Å². The molecule has 0 aliphatic rings. The molecule has 0 aliphatic carbocycles. The fourth-order valence-electron chi connectivity index (χ4n) is 1.78. The minimum Gasteiger partial charge on any atom is -0.465 e. The Morgan fingerprint density at radius 3 is 2.52 bits per heavy atom. The van der Waals surface area contributed by atoms with Crippen LogP contribution in [0.25, 0.3) is 0 Å². The second-order valence-electron chi connectivity index (χ2n) is 5.44. The van der Waals surface area contributed by atoms with E-state index in [-0.39, 0.29) is 30.8 Å². The van der Waals surface area contributed by atoms with Crippen molar-refractivity contribution < 1.29 is 23.5 Å². The molecule has 0 aromatic carbocycles. The Hall–Kier alpha value is -2.35. The summed E-state index contributed by atoms with van der Waals surface area (Å²) in [5, 5.41) is 5.04. The van der Waals surface area contributed by atoms with Crippen LogP contribution >= 0.6 is 0 Å². The number of amides is 2. The van der Waals surface area contributed by atoms with Gasteiger partial charge in [-0.15, -0.1) is 0 Å². The topological polar surface area (TPSA) is 124 Å². The second kappa shape index (κ2) is 8.33. The molecule has 4 N–H and O–H groups in total. The predicted octanol–water partition coefficient (Wildman–Crippen LogP) is 0.0903. The first-order valence-corrected chi connectivity index (χ1v) is 7.23. The van der Waals surface area contributed by atoms with Gasteiger partial charge in [0, 0.05) is 0 Å². The fourth-order valence-corrected chi connectivity index (χ4v) is 1.78. The van der Waals surface area contributed by atoms with Crippen LogP contribution in [0.4, 0.5) is 0 Å². The van der Waals surface area contributed by atoms with Gasteiger partial charge in [0.15, 0.2) is 0 Å². The van der Waals surface area contributed by atoms with E-state index >= 15 is 0 Å². The monoisotopic (exact) mass is 325 g/mol. The Labute approximate surface area is 134 Å². The van der Waals surface area contributed by atoms with Crippen molar-refractivity contribution in [3.63, 3.8) is 0 Å². The largest absolute Gasteiger partial charge is 0.465 e. The first-order valence-electron chi connectivity index (χ1n) is 7.23. The average molecular weight is 325 g/mol. The Morgan fingerprint density at radius 2 is 1.96 bits per heavy atom. The van der Waals surface area contributed by atoms with Crippen LogP contribution < -0.4 is 16.4 Å². The number of carbonyl (C=O) groups is 3. The number of rotatable bonds is 7. The lowest BCUT2D eigenvalue weighted by Crippen LogP contribution is -2.47. The quantitative estimate of drug-likeness (QED) is 0.610. The van der Waals surface area contributed by atoms with Gasteiger partial charge in [-0.05, 0) is 18.9 Å². The Kier molecular flexibility index (Phi) is 6.77. The van der Waals surface area contributed by atoms with Crippen LogP contribution in [0.5, 0.6) is 0 Å². The number of ether oxygens (including phenoxy) is 1. The van der Waals surface area contributed by atoms with Crippen LogP contribution in [0, 0.1) is 12.8 Å². The zero-order valence-electron chi connectivity index (χ0n) is 13.8. The summed E-state index contributed by atoms with van der Waals surface area (Å²) in [6.07, 6.45) is 0. The number of carbonyl (C=O) groups excluding carboxylic acids is 3. The highest BCUT2D eigenvalue weighted by molar-refractivity contribution is 5.90. The van der Waals surface area contributed by atoms with Crippen molar-refractivity contribution in [2.75, 3.05) is 13.7 Å². The number of hydrogen-bond donors (Lipinski definition) is 3. The number of aryl methyl sites for hydroxylation is 1. The summed E-state index contributed by atoms with van der Waals surface area (Å²) in [6, 6.07) is 0.854. The maximum Gasteiger partial charge on any atom is 0.341 e. The van der Waals surface area contributed by atoms with Gasteiger partial charge in [0.1, 0.15) is 17.1 Å². The summed E-state index contributed by atoms with van der Waals surface area (Å²) in [5.41, 5.74) is 5.98. The third kappa shape index (κ3) is 5.41. The summed E-state index contributed by atoms with van der Waals surface area (Å²) in [5.74, 6) is -0.446. The molecule has 0 spiro atoms. The zero-order chi connectivity index (χ0) is 17.6. The average Bonchev–Trinajstić information content (AvgIpc) is 2.89. The van der Waals surface area contributed by atoms with Gasteiger partial charge in [0.25, 0.3) is 0 Å². The molecule has 0 bridgehead atoms. The fraction of sp³-hybridized carbons (Fsp3) is 0.533. The van der Waals surface area contributed by atoms with Gasteiger partial charge in [-0.3, -0.25) is 9.59 Å². The molecule has 2 amide bonds. The molecule has 128 valence electrons. The van der Waals surface area contributed by atoms with Crippen molar-refractivity contribution in [1.29, 1.82) is 0 Å². The molecule has 1 heterocycles. The molecule has 1 atom stereocenters. The predicted molar refractivity (Wildman–Crippen MR) is 82.5 cm³/mol. The highest BCUT2D eigenvalue weighted by atomic mass is 16.5. The summed E-state index contributed by atoms with van der Waals surface area (Å²) < 4.78 is 9.98. The number of nitrogens with one attached hydrogen (secondary N) is 2. The first-order chi connectivity index (χ1) is 10.8. The summed E-state index contributed by atoms with van der Waals surface area (Å²) >= 11 is 0. The number of esters is 1. The van der Waals surface area contributed by atoms with Crippen molar-refractivity contribution in [3.8, 4) is 0 Å². The molecular formula is C15H23N3O5. The molecule has 1 aromatic rings. The maximum atomic E-state index is 11.7. The van der Waals surface area contributed by atoms with E-state index in [4.69, 9.17) is 10.2 Å². The number of methoxy groups -OCH3 is 1. The molecule has 0 saturated carbocycles. The van der Waals surface area contributed by atoms with Crippen molar-refractivity contribution in [1.82, 2.24) is 10.6 Å². The molecule has 1 rings (SSSR count). The van der Waals surface area contributed by atoms with E-state index in [2.05, 4.69) is 15.4 Å². The van der Waals surface area contributed by atoms with Crippen molar-refractivity contribution in [3.05, 3.63) is 23.2 Å². The van der Waals surface area contributed by atoms with E-state index in [1.54, 1.807) is 6.92 Å². The number of furan rings is 1. The van der Waals surface area contributed by atoms with E-state index in [9.17, 15) is 14.4 Å². The van der Waals surface area contributed by atoms with Crippen LogP contribution in [-0.2, 0) is 20.9 Å². The van der Waals surface area contributed by atoms with E-state index in [1.165, 1.54) is 13.2 Å². The number of hydrogen-bond acceptors (Lipinski definition) is 6. The van der Waals surface area contributed by atoms with Crippen molar-refractivity contribution in [2.45, 2.75) is 33.4 Å². The Bertz CT molecular complexity index is 580. The van der Waals surface area contributed by atoms with Crippen LogP contribution in [0.15, 0.2) is 10.5 Å². The van der Waals surface area contributed by atoms with Gasteiger partial charge in [-0.1, -0.05) is 13.8 Å². The zero-order valence-corrected chi connectivity index (χ0v) is 13.8. The lowest BCUT2D eigenvalue weighted by molar-refractivity contribution is -0.127. The molecule has 1 aromatic heterocycles. The standard InChI is InChI=1S/C15H23N3O5/c1-8(2)13(16)14(20)18-7-12(19)17-6-10-5-11(9(3)23-10)15(21)22-4/h5,8,13H,6-7,16H2,1-4H3,(H,17,19)(H,18,20)/t13-/m0/s1. The molecule has 0 fully saturated rings. The van der Waals surface area contributed by atoms with E-state index in [0.717, 1.165) is 0 Å². The highest BCUT2D eigenvalue weighted by Gasteiger charge is 2.18. The van der Waals surface area contributed by atoms with Gasteiger partial charge in [0.05, 0.1) is 26.2 Å². The molecule has 0 unspecified atom stereocenters. The van der Waals surface area contributed by atoms with Gasteiger partial charge < -0.3 is 25.5 Å². The summed E-state index contributed by atoms with van der Waals surface area (Å²) in [6.45, 7) is 5.20. The Balaban J connectivity index is 2.45. The van der Waals surface area contributed by atoms with E-state index < -0.39 is 12.0 Å². The molecule has 0 saturated heterocycles. The lowest BCUT2D eigenvalue weighted by Gasteiger charge is -2.14. The molecule has 23 heavy (non-hydrogen) atoms.